The average Bonchev–Trinajstić information content (AvgIpc) is 2.71. The first-order valence-corrected chi connectivity index (χ1v) is 11.2. The zero-order chi connectivity index (χ0) is 20.4. The molecule has 0 aromatic heterocycles. The Hall–Kier alpha value is -1.54. The highest BCUT2D eigenvalue weighted by molar-refractivity contribution is 7.82. The van der Waals surface area contributed by atoms with Gasteiger partial charge in [0.25, 0.3) is 0 Å². The van der Waals surface area contributed by atoms with Gasteiger partial charge < -0.3 is 5.41 Å². The Morgan fingerprint density at radius 1 is 1.04 bits per heavy atom. The molecule has 0 radical (unpaired) electrons. The smallest absolute Gasteiger partial charge is 0.0511 e. The van der Waals surface area contributed by atoms with Crippen LogP contribution in [0.25, 0.3) is 0 Å². The van der Waals surface area contributed by atoms with E-state index in [2.05, 4.69) is 76.2 Å². The molecule has 1 fully saturated rings. The molecule has 3 rings (SSSR count). The summed E-state index contributed by atoms with van der Waals surface area (Å²) in [6, 6.07) is 17.6. The number of benzene rings is 2. The zero-order valence-corrected chi connectivity index (χ0v) is 18.8. The molecule has 1 aliphatic carbocycles. The molecule has 0 saturated heterocycles. The molecule has 0 spiro atoms. The summed E-state index contributed by atoms with van der Waals surface area (Å²) in [7, 11) is 0. The first kappa shape index (κ1) is 21.2. The lowest BCUT2D eigenvalue weighted by Gasteiger charge is -2.45. The van der Waals surface area contributed by atoms with Crippen LogP contribution in [0.4, 0.5) is 0 Å². The van der Waals surface area contributed by atoms with E-state index in [4.69, 9.17) is 12.6 Å². The van der Waals surface area contributed by atoms with Crippen LogP contribution in [-0.2, 0) is 5.41 Å². The number of hydrogen-bond donors (Lipinski definition) is 2. The molecule has 1 saturated carbocycles. The van der Waals surface area contributed by atoms with Gasteiger partial charge in [-0.1, -0.05) is 74.4 Å². The van der Waals surface area contributed by atoms with Crippen LogP contribution in [0.1, 0.15) is 80.5 Å². The Kier molecular flexibility index (Phi) is 6.39. The minimum Gasteiger partial charge on any atom is -0.308 e. The van der Waals surface area contributed by atoms with Crippen molar-refractivity contribution in [3.8, 4) is 0 Å². The number of thiol groups is 1. The monoisotopic (exact) mass is 393 g/mol. The van der Waals surface area contributed by atoms with Crippen molar-refractivity contribution < 1.29 is 0 Å². The Morgan fingerprint density at radius 2 is 1.68 bits per heavy atom. The topological polar surface area (TPSA) is 23.9 Å². The van der Waals surface area contributed by atoms with E-state index in [9.17, 15) is 5.41 Å². The maximum absolute atomic E-state index is 9.20. The van der Waals surface area contributed by atoms with Gasteiger partial charge in [0.1, 0.15) is 0 Å². The molecule has 28 heavy (non-hydrogen) atoms. The fourth-order valence-corrected chi connectivity index (χ4v) is 5.20. The highest BCUT2D eigenvalue weighted by Crippen LogP contribution is 2.48. The van der Waals surface area contributed by atoms with Gasteiger partial charge in [0.15, 0.2) is 0 Å². The Labute approximate surface area is 176 Å². The Morgan fingerprint density at radius 3 is 2.29 bits per heavy atom. The lowest BCUT2D eigenvalue weighted by Crippen LogP contribution is -2.43. The number of aryl methyl sites for hydroxylation is 2. The molecule has 2 aromatic carbocycles. The first-order chi connectivity index (χ1) is 13.3. The molecule has 0 heterocycles. The van der Waals surface area contributed by atoms with Crippen LogP contribution < -0.4 is 0 Å². The fraction of sp³-hybridized carbons (Fsp3) is 0.500. The Balaban J connectivity index is 1.83. The molecule has 1 nitrogen and oxygen atoms in total. The van der Waals surface area contributed by atoms with Crippen LogP contribution in [0, 0.1) is 19.3 Å². The molecule has 1 unspecified atom stereocenters. The van der Waals surface area contributed by atoms with Crippen molar-refractivity contribution in [1.29, 1.82) is 5.41 Å². The Bertz CT molecular complexity index is 816. The zero-order valence-electron chi connectivity index (χ0n) is 17.9. The summed E-state index contributed by atoms with van der Waals surface area (Å²) in [4.78, 5) is 0. The van der Waals surface area contributed by atoms with Crippen LogP contribution in [0.3, 0.4) is 0 Å². The van der Waals surface area contributed by atoms with Crippen molar-refractivity contribution in [2.75, 3.05) is 0 Å². The summed E-state index contributed by atoms with van der Waals surface area (Å²) in [5.41, 5.74) is 6.38. The van der Waals surface area contributed by atoms with Crippen LogP contribution in [0.15, 0.2) is 48.5 Å². The van der Waals surface area contributed by atoms with Gasteiger partial charge in [-0.15, -0.1) is 0 Å². The van der Waals surface area contributed by atoms with Gasteiger partial charge >= 0.3 is 0 Å². The van der Waals surface area contributed by atoms with Gasteiger partial charge in [-0.3, -0.25) is 0 Å². The van der Waals surface area contributed by atoms with E-state index in [-0.39, 0.29) is 16.1 Å². The van der Waals surface area contributed by atoms with Gasteiger partial charge in [0.05, 0.1) is 4.75 Å². The third-order valence-corrected chi connectivity index (χ3v) is 7.58. The molecule has 1 N–H and O–H groups in total. The quantitative estimate of drug-likeness (QED) is 0.377. The molecular formula is C26H35NS. The highest BCUT2D eigenvalue weighted by atomic mass is 32.1. The molecular weight excluding hydrogens is 358 g/mol. The maximum Gasteiger partial charge on any atom is 0.0511 e. The molecule has 1 aliphatic rings. The highest BCUT2D eigenvalue weighted by Gasteiger charge is 2.43. The standard InChI is InChI=1S/C26H35NS/c1-5-9-22(23-18-19(2)12-13-20(23)3)24(27)26(28)16-14-25(4,15-17-26)21-10-7-6-8-11-21/h6-8,10-13,18,22,27-28H,5,9,14-17H2,1-4H3. The van der Waals surface area contributed by atoms with E-state index < -0.39 is 0 Å². The summed E-state index contributed by atoms with van der Waals surface area (Å²) in [6.07, 6.45) is 6.26. The summed E-state index contributed by atoms with van der Waals surface area (Å²) in [6.45, 7) is 8.94. The van der Waals surface area contributed by atoms with Crippen molar-refractivity contribution in [2.45, 2.75) is 82.3 Å². The number of nitrogens with one attached hydrogen (secondary N) is 1. The third-order valence-electron chi connectivity index (χ3n) is 6.89. The van der Waals surface area contributed by atoms with E-state index in [1.807, 2.05) is 0 Å². The predicted octanol–water partition coefficient (Wildman–Crippen LogP) is 7.41. The second-order valence-corrected chi connectivity index (χ2v) is 9.93. The van der Waals surface area contributed by atoms with Crippen molar-refractivity contribution in [1.82, 2.24) is 0 Å². The molecule has 0 bridgehead atoms. The molecule has 2 heteroatoms. The number of rotatable bonds is 6. The van der Waals surface area contributed by atoms with Crippen LogP contribution in [-0.4, -0.2) is 10.5 Å². The van der Waals surface area contributed by atoms with Gasteiger partial charge in [-0.25, -0.2) is 0 Å². The van der Waals surface area contributed by atoms with E-state index in [0.717, 1.165) is 44.2 Å². The minimum absolute atomic E-state index is 0.184. The fourth-order valence-electron chi connectivity index (χ4n) is 4.82. The molecule has 1 atom stereocenters. The van der Waals surface area contributed by atoms with Gasteiger partial charge in [0, 0.05) is 11.6 Å². The summed E-state index contributed by atoms with van der Waals surface area (Å²) >= 11 is 5.15. The van der Waals surface area contributed by atoms with Crippen molar-refractivity contribution >= 4 is 18.3 Å². The van der Waals surface area contributed by atoms with E-state index in [1.165, 1.54) is 22.3 Å². The molecule has 0 aliphatic heterocycles. The van der Waals surface area contributed by atoms with E-state index >= 15 is 0 Å². The van der Waals surface area contributed by atoms with Gasteiger partial charge in [-0.05, 0) is 68.1 Å². The van der Waals surface area contributed by atoms with Gasteiger partial charge in [0.2, 0.25) is 0 Å². The van der Waals surface area contributed by atoms with Crippen LogP contribution in [0.2, 0.25) is 0 Å². The van der Waals surface area contributed by atoms with Crippen molar-refractivity contribution in [2.24, 2.45) is 0 Å². The normalized spacial score (nSPS) is 26.0. The SMILES string of the molecule is CCCC(C(=N)C1(S)CCC(C)(c2ccccc2)CC1)c1cc(C)ccc1C. The summed E-state index contributed by atoms with van der Waals surface area (Å²) in [5.74, 6) is 0.184. The largest absolute Gasteiger partial charge is 0.308 e. The second kappa shape index (κ2) is 8.45. The van der Waals surface area contributed by atoms with Gasteiger partial charge in [-0.2, -0.15) is 12.6 Å². The van der Waals surface area contributed by atoms with Crippen LogP contribution >= 0.6 is 12.6 Å². The second-order valence-electron chi connectivity index (χ2n) is 9.07. The van der Waals surface area contributed by atoms with E-state index in [0.29, 0.717) is 0 Å². The maximum atomic E-state index is 9.20. The number of hydrogen-bond acceptors (Lipinski definition) is 2. The van der Waals surface area contributed by atoms with Crippen LogP contribution in [0.5, 0.6) is 0 Å². The molecule has 150 valence electrons. The summed E-state index contributed by atoms with van der Waals surface area (Å²) < 4.78 is -0.287. The molecule has 0 amide bonds. The average molecular weight is 394 g/mol. The van der Waals surface area contributed by atoms with Crippen molar-refractivity contribution in [3.63, 3.8) is 0 Å². The lowest BCUT2D eigenvalue weighted by molar-refractivity contribution is 0.302. The molecule has 2 aromatic rings. The summed E-state index contributed by atoms with van der Waals surface area (Å²) in [5, 5.41) is 9.20. The van der Waals surface area contributed by atoms with Crippen molar-refractivity contribution in [3.05, 3.63) is 70.8 Å². The van der Waals surface area contributed by atoms with E-state index in [1.54, 1.807) is 0 Å². The minimum atomic E-state index is -0.287. The first-order valence-electron chi connectivity index (χ1n) is 10.7. The predicted molar refractivity (Wildman–Crippen MR) is 125 cm³/mol. The third kappa shape index (κ3) is 4.22. The lowest BCUT2D eigenvalue weighted by atomic mass is 9.65.